The molecule has 1 saturated carbocycles. The van der Waals surface area contributed by atoms with Gasteiger partial charge in [0.1, 0.15) is 0 Å². The first-order valence-corrected chi connectivity index (χ1v) is 7.52. The maximum Gasteiger partial charge on any atom is 0.203 e. The van der Waals surface area contributed by atoms with Gasteiger partial charge in [0.2, 0.25) is 5.95 Å². The Morgan fingerprint density at radius 2 is 2.17 bits per heavy atom. The van der Waals surface area contributed by atoms with Crippen LogP contribution in [0.3, 0.4) is 0 Å². The van der Waals surface area contributed by atoms with Crippen molar-refractivity contribution in [3.63, 3.8) is 0 Å². The summed E-state index contributed by atoms with van der Waals surface area (Å²) in [4.78, 5) is 4.66. The van der Waals surface area contributed by atoms with E-state index >= 15 is 0 Å². The van der Waals surface area contributed by atoms with Crippen molar-refractivity contribution in [1.29, 1.82) is 0 Å². The molecule has 1 aromatic rings. The van der Waals surface area contributed by atoms with Gasteiger partial charge in [-0.3, -0.25) is 0 Å². The zero-order valence-electron chi connectivity index (χ0n) is 12.1. The minimum Gasteiger partial charge on any atom is -0.353 e. The Morgan fingerprint density at radius 1 is 1.44 bits per heavy atom. The highest BCUT2D eigenvalue weighted by Crippen LogP contribution is 2.25. The van der Waals surface area contributed by atoms with Gasteiger partial charge in [-0.2, -0.15) is 0 Å². The molecule has 0 saturated heterocycles. The monoisotopic (exact) mass is 249 g/mol. The smallest absolute Gasteiger partial charge is 0.203 e. The molecule has 0 aromatic carbocycles. The molecular weight excluding hydrogens is 222 g/mol. The zero-order chi connectivity index (χ0) is 13.0. The lowest BCUT2D eigenvalue weighted by Crippen LogP contribution is -2.19. The van der Waals surface area contributed by atoms with E-state index in [9.17, 15) is 0 Å². The molecule has 0 radical (unpaired) electrons. The molecule has 0 amide bonds. The van der Waals surface area contributed by atoms with Gasteiger partial charge in [0, 0.05) is 18.3 Å². The van der Waals surface area contributed by atoms with Crippen molar-refractivity contribution in [1.82, 2.24) is 9.55 Å². The second-order valence-electron chi connectivity index (χ2n) is 5.73. The van der Waals surface area contributed by atoms with Crippen molar-refractivity contribution in [3.05, 3.63) is 11.9 Å². The molecule has 18 heavy (non-hydrogen) atoms. The Morgan fingerprint density at radius 3 is 2.83 bits per heavy atom. The Kier molecular flexibility index (Phi) is 4.67. The second kappa shape index (κ2) is 6.26. The Hall–Kier alpha value is -0.990. The average Bonchev–Trinajstić information content (AvgIpc) is 2.96. The molecule has 3 nitrogen and oxygen atoms in total. The van der Waals surface area contributed by atoms with Crippen LogP contribution in [0.1, 0.15) is 70.5 Å². The van der Waals surface area contributed by atoms with E-state index in [2.05, 4.69) is 41.8 Å². The predicted octanol–water partition coefficient (Wildman–Crippen LogP) is 4.30. The van der Waals surface area contributed by atoms with Gasteiger partial charge >= 0.3 is 0 Å². The van der Waals surface area contributed by atoms with Crippen molar-refractivity contribution in [2.24, 2.45) is 0 Å². The van der Waals surface area contributed by atoms with Gasteiger partial charge in [0.15, 0.2) is 0 Å². The molecule has 0 bridgehead atoms. The fourth-order valence-corrected chi connectivity index (χ4v) is 2.85. The molecule has 0 spiro atoms. The van der Waals surface area contributed by atoms with Gasteiger partial charge in [0.25, 0.3) is 0 Å². The molecule has 2 rings (SSSR count). The molecule has 3 heteroatoms. The lowest BCUT2D eigenvalue weighted by Gasteiger charge is -2.19. The molecule has 1 heterocycles. The van der Waals surface area contributed by atoms with E-state index in [4.69, 9.17) is 0 Å². The van der Waals surface area contributed by atoms with Gasteiger partial charge in [0.05, 0.1) is 5.69 Å². The van der Waals surface area contributed by atoms with E-state index in [0.29, 0.717) is 12.1 Å². The number of anilines is 1. The maximum atomic E-state index is 4.66. The van der Waals surface area contributed by atoms with Crippen molar-refractivity contribution >= 4 is 5.95 Å². The highest BCUT2D eigenvalue weighted by Gasteiger charge is 2.18. The van der Waals surface area contributed by atoms with E-state index in [0.717, 1.165) is 11.6 Å². The van der Waals surface area contributed by atoms with Crippen LogP contribution < -0.4 is 5.32 Å². The van der Waals surface area contributed by atoms with Gasteiger partial charge in [-0.1, -0.05) is 32.6 Å². The van der Waals surface area contributed by atoms with Crippen LogP contribution >= 0.6 is 0 Å². The normalized spacial score (nSPS) is 18.2. The number of rotatable bonds is 6. The Labute approximate surface area is 111 Å². The quantitative estimate of drug-likeness (QED) is 0.814. The summed E-state index contributed by atoms with van der Waals surface area (Å²) in [5.41, 5.74) is 1.12. The second-order valence-corrected chi connectivity index (χ2v) is 5.73. The summed E-state index contributed by atoms with van der Waals surface area (Å²) in [6, 6.07) is 1.19. The number of imidazole rings is 1. The molecule has 102 valence electrons. The molecule has 1 aliphatic rings. The number of nitrogens with one attached hydrogen (secondary N) is 1. The third kappa shape index (κ3) is 3.27. The third-order valence-electron chi connectivity index (χ3n) is 3.99. The largest absolute Gasteiger partial charge is 0.353 e. The first kappa shape index (κ1) is 13.4. The molecule has 0 aliphatic heterocycles. The van der Waals surface area contributed by atoms with Crippen molar-refractivity contribution in [2.45, 2.75) is 77.8 Å². The molecule has 1 fully saturated rings. The van der Waals surface area contributed by atoms with E-state index in [1.165, 1.54) is 44.9 Å². The van der Waals surface area contributed by atoms with E-state index in [1.807, 2.05) is 0 Å². The molecule has 1 unspecified atom stereocenters. The van der Waals surface area contributed by atoms with Crippen LogP contribution in [0.15, 0.2) is 6.20 Å². The predicted molar refractivity (Wildman–Crippen MR) is 77.1 cm³/mol. The molecule has 1 aliphatic carbocycles. The molecule has 1 aromatic heterocycles. The zero-order valence-corrected chi connectivity index (χ0v) is 12.1. The van der Waals surface area contributed by atoms with Gasteiger partial charge < -0.3 is 9.88 Å². The summed E-state index contributed by atoms with van der Waals surface area (Å²) >= 11 is 0. The first-order valence-electron chi connectivity index (χ1n) is 7.52. The third-order valence-corrected chi connectivity index (χ3v) is 3.99. The van der Waals surface area contributed by atoms with Crippen LogP contribution in [-0.2, 0) is 0 Å². The SMILES string of the molecule is CCCCC(C)n1cc(C)nc1NC1CCCC1. The van der Waals surface area contributed by atoms with Crippen LogP contribution in [0.25, 0.3) is 0 Å². The topological polar surface area (TPSA) is 29.9 Å². The summed E-state index contributed by atoms with van der Waals surface area (Å²) in [6.45, 7) is 6.64. The first-order chi connectivity index (χ1) is 8.70. The minimum absolute atomic E-state index is 0.551. The molecule has 1 N–H and O–H groups in total. The number of unbranched alkanes of at least 4 members (excludes halogenated alkanes) is 1. The Balaban J connectivity index is 2.03. The van der Waals surface area contributed by atoms with Crippen LogP contribution in [0.4, 0.5) is 5.95 Å². The van der Waals surface area contributed by atoms with Gasteiger partial charge in [-0.15, -0.1) is 0 Å². The molecule has 1 atom stereocenters. The summed E-state index contributed by atoms with van der Waals surface area (Å²) in [5, 5.41) is 3.64. The number of nitrogens with zero attached hydrogens (tertiary/aromatic N) is 2. The average molecular weight is 249 g/mol. The van der Waals surface area contributed by atoms with E-state index in [-0.39, 0.29) is 0 Å². The number of aryl methyl sites for hydroxylation is 1. The number of aromatic nitrogens is 2. The van der Waals surface area contributed by atoms with Gasteiger partial charge in [-0.25, -0.2) is 4.98 Å². The van der Waals surface area contributed by atoms with Crippen molar-refractivity contribution in [3.8, 4) is 0 Å². The molecular formula is C15H27N3. The highest BCUT2D eigenvalue weighted by molar-refractivity contribution is 5.31. The standard InChI is InChI=1S/C15H27N3/c1-4-5-8-13(3)18-11-12(2)16-15(18)17-14-9-6-7-10-14/h11,13-14H,4-10H2,1-3H3,(H,16,17). The van der Waals surface area contributed by atoms with Crippen LogP contribution in [0.5, 0.6) is 0 Å². The lowest BCUT2D eigenvalue weighted by atomic mass is 10.1. The Bertz CT molecular complexity index is 364. The van der Waals surface area contributed by atoms with Crippen LogP contribution in [0, 0.1) is 6.92 Å². The summed E-state index contributed by atoms with van der Waals surface area (Å²) in [6.07, 6.45) is 11.3. The lowest BCUT2D eigenvalue weighted by molar-refractivity contribution is 0.486. The van der Waals surface area contributed by atoms with Crippen LogP contribution in [0.2, 0.25) is 0 Å². The number of hydrogen-bond donors (Lipinski definition) is 1. The van der Waals surface area contributed by atoms with Crippen molar-refractivity contribution in [2.75, 3.05) is 5.32 Å². The van der Waals surface area contributed by atoms with Gasteiger partial charge in [-0.05, 0) is 33.1 Å². The number of hydrogen-bond acceptors (Lipinski definition) is 2. The van der Waals surface area contributed by atoms with Crippen LogP contribution in [-0.4, -0.2) is 15.6 Å². The van der Waals surface area contributed by atoms with E-state index < -0.39 is 0 Å². The fraction of sp³-hybridized carbons (Fsp3) is 0.800. The van der Waals surface area contributed by atoms with Crippen molar-refractivity contribution < 1.29 is 0 Å². The summed E-state index contributed by atoms with van der Waals surface area (Å²) in [7, 11) is 0. The minimum atomic E-state index is 0.551. The summed E-state index contributed by atoms with van der Waals surface area (Å²) in [5.74, 6) is 1.09. The van der Waals surface area contributed by atoms with E-state index in [1.54, 1.807) is 0 Å². The maximum absolute atomic E-state index is 4.66. The highest BCUT2D eigenvalue weighted by atomic mass is 15.2. The fourth-order valence-electron chi connectivity index (χ4n) is 2.85. The summed E-state index contributed by atoms with van der Waals surface area (Å²) < 4.78 is 2.34.